The number of aryl methyl sites for hydroxylation is 2. The summed E-state index contributed by atoms with van der Waals surface area (Å²) in [5, 5.41) is 8.46. The molecule has 2 aliphatic rings. The highest BCUT2D eigenvalue weighted by molar-refractivity contribution is 5.93. The van der Waals surface area contributed by atoms with Crippen LogP contribution in [0.1, 0.15) is 72.3 Å². The van der Waals surface area contributed by atoms with Gasteiger partial charge in [-0.1, -0.05) is 18.0 Å². The van der Waals surface area contributed by atoms with E-state index in [0.717, 1.165) is 49.6 Å². The van der Waals surface area contributed by atoms with Crippen LogP contribution in [-0.4, -0.2) is 43.3 Å². The summed E-state index contributed by atoms with van der Waals surface area (Å²) < 4.78 is 7.15. The summed E-state index contributed by atoms with van der Waals surface area (Å²) in [6, 6.07) is 1.99. The Labute approximate surface area is 147 Å². The normalized spacial score (nSPS) is 21.4. The van der Waals surface area contributed by atoms with Gasteiger partial charge in [-0.15, -0.1) is 0 Å². The molecule has 7 nitrogen and oxygen atoms in total. The van der Waals surface area contributed by atoms with E-state index in [1.807, 2.05) is 24.9 Å². The summed E-state index contributed by atoms with van der Waals surface area (Å²) in [6.07, 6.45) is 7.45. The third-order valence-electron chi connectivity index (χ3n) is 5.47. The minimum atomic E-state index is 0.0464. The maximum absolute atomic E-state index is 12.9. The van der Waals surface area contributed by atoms with Gasteiger partial charge in [-0.2, -0.15) is 10.1 Å². The molecular formula is C18H25N5O2. The summed E-state index contributed by atoms with van der Waals surface area (Å²) in [4.78, 5) is 19.5. The molecule has 2 aromatic heterocycles. The van der Waals surface area contributed by atoms with Gasteiger partial charge in [0.2, 0.25) is 5.89 Å². The van der Waals surface area contributed by atoms with Crippen LogP contribution in [0.15, 0.2) is 10.6 Å². The van der Waals surface area contributed by atoms with Gasteiger partial charge in [0.1, 0.15) is 5.69 Å². The highest BCUT2D eigenvalue weighted by Gasteiger charge is 2.32. The molecule has 2 fully saturated rings. The van der Waals surface area contributed by atoms with Gasteiger partial charge < -0.3 is 9.42 Å². The van der Waals surface area contributed by atoms with Crippen LogP contribution < -0.4 is 0 Å². The lowest BCUT2D eigenvalue weighted by atomic mass is 10.1. The minimum absolute atomic E-state index is 0.0464. The zero-order valence-electron chi connectivity index (χ0n) is 14.9. The first-order chi connectivity index (χ1) is 12.1. The van der Waals surface area contributed by atoms with Crippen molar-refractivity contribution < 1.29 is 9.32 Å². The quantitative estimate of drug-likeness (QED) is 0.853. The second-order valence-corrected chi connectivity index (χ2v) is 7.32. The van der Waals surface area contributed by atoms with Gasteiger partial charge in [0.05, 0.1) is 5.69 Å². The topological polar surface area (TPSA) is 77.0 Å². The van der Waals surface area contributed by atoms with E-state index in [1.165, 1.54) is 12.8 Å². The van der Waals surface area contributed by atoms with E-state index in [-0.39, 0.29) is 11.9 Å². The maximum atomic E-state index is 12.9. The van der Waals surface area contributed by atoms with Crippen molar-refractivity contribution >= 4 is 5.91 Å². The molecule has 2 aromatic rings. The van der Waals surface area contributed by atoms with Gasteiger partial charge >= 0.3 is 0 Å². The van der Waals surface area contributed by atoms with Crippen LogP contribution in [0.2, 0.25) is 0 Å². The van der Waals surface area contributed by atoms with Crippen molar-refractivity contribution in [3.8, 4) is 0 Å². The number of carbonyl (C=O) groups excluding carboxylic acids is 1. The molecule has 1 atom stereocenters. The van der Waals surface area contributed by atoms with Crippen molar-refractivity contribution in [1.82, 2.24) is 24.8 Å². The zero-order valence-corrected chi connectivity index (χ0v) is 14.9. The summed E-state index contributed by atoms with van der Waals surface area (Å²) in [5.74, 6) is 1.99. The Balaban J connectivity index is 1.46. The predicted molar refractivity (Wildman–Crippen MR) is 91.2 cm³/mol. The number of carbonyl (C=O) groups is 1. The van der Waals surface area contributed by atoms with E-state index < -0.39 is 0 Å². The van der Waals surface area contributed by atoms with E-state index in [9.17, 15) is 4.79 Å². The van der Waals surface area contributed by atoms with Crippen LogP contribution in [0.4, 0.5) is 0 Å². The first kappa shape index (κ1) is 16.3. The van der Waals surface area contributed by atoms with E-state index in [4.69, 9.17) is 4.52 Å². The van der Waals surface area contributed by atoms with Crippen molar-refractivity contribution in [1.29, 1.82) is 0 Å². The fourth-order valence-electron chi connectivity index (χ4n) is 4.17. The molecule has 134 valence electrons. The molecule has 4 rings (SSSR count). The predicted octanol–water partition coefficient (Wildman–Crippen LogP) is 2.62. The number of nitrogens with zero attached hydrogens (tertiary/aromatic N) is 5. The second kappa shape index (κ2) is 6.61. The Morgan fingerprint density at radius 1 is 1.28 bits per heavy atom. The Bertz CT molecular complexity index is 759. The second-order valence-electron chi connectivity index (χ2n) is 7.32. The molecule has 0 spiro atoms. The third kappa shape index (κ3) is 3.19. The number of hydrogen-bond donors (Lipinski definition) is 0. The van der Waals surface area contributed by atoms with Crippen molar-refractivity contribution in [3.63, 3.8) is 0 Å². The van der Waals surface area contributed by atoms with Gasteiger partial charge in [-0.05, 0) is 38.7 Å². The highest BCUT2D eigenvalue weighted by atomic mass is 16.5. The Hall–Kier alpha value is -2.18. The fourth-order valence-corrected chi connectivity index (χ4v) is 4.17. The van der Waals surface area contributed by atoms with Gasteiger partial charge in [0, 0.05) is 32.0 Å². The van der Waals surface area contributed by atoms with Gasteiger partial charge in [0.25, 0.3) is 5.91 Å². The average Bonchev–Trinajstić information content (AvgIpc) is 3.33. The van der Waals surface area contributed by atoms with E-state index in [1.54, 1.807) is 4.68 Å². The Morgan fingerprint density at radius 2 is 2.08 bits per heavy atom. The molecule has 1 saturated carbocycles. The van der Waals surface area contributed by atoms with Crippen LogP contribution in [0, 0.1) is 6.92 Å². The lowest BCUT2D eigenvalue weighted by Gasteiger charge is -2.23. The largest absolute Gasteiger partial charge is 0.339 e. The molecule has 1 saturated heterocycles. The third-order valence-corrected chi connectivity index (χ3v) is 5.47. The van der Waals surface area contributed by atoms with Crippen molar-refractivity contribution in [2.75, 3.05) is 6.54 Å². The maximum Gasteiger partial charge on any atom is 0.272 e. The van der Waals surface area contributed by atoms with Gasteiger partial charge in [-0.25, -0.2) is 0 Å². The molecule has 0 radical (unpaired) electrons. The number of likely N-dealkylation sites (tertiary alicyclic amines) is 1. The number of hydrogen-bond acceptors (Lipinski definition) is 5. The smallest absolute Gasteiger partial charge is 0.272 e. The number of rotatable bonds is 4. The first-order valence-corrected chi connectivity index (χ1v) is 9.26. The molecule has 1 amide bonds. The summed E-state index contributed by atoms with van der Waals surface area (Å²) >= 11 is 0. The van der Waals surface area contributed by atoms with Crippen molar-refractivity contribution in [2.45, 2.75) is 63.8 Å². The first-order valence-electron chi connectivity index (χ1n) is 9.26. The lowest BCUT2D eigenvalue weighted by molar-refractivity contribution is 0.0723. The molecule has 7 heteroatoms. The molecule has 0 aromatic carbocycles. The highest BCUT2D eigenvalue weighted by Crippen LogP contribution is 2.33. The van der Waals surface area contributed by atoms with Crippen molar-refractivity contribution in [3.05, 3.63) is 29.2 Å². The van der Waals surface area contributed by atoms with E-state index in [0.29, 0.717) is 18.0 Å². The molecule has 25 heavy (non-hydrogen) atoms. The average molecular weight is 343 g/mol. The van der Waals surface area contributed by atoms with Crippen LogP contribution >= 0.6 is 0 Å². The summed E-state index contributed by atoms with van der Waals surface area (Å²) in [6.45, 7) is 2.68. The summed E-state index contributed by atoms with van der Waals surface area (Å²) in [5.41, 5.74) is 1.50. The van der Waals surface area contributed by atoms with Gasteiger partial charge in [-0.3, -0.25) is 9.48 Å². The molecule has 0 bridgehead atoms. The molecule has 1 aliphatic carbocycles. The molecule has 1 aliphatic heterocycles. The van der Waals surface area contributed by atoms with Crippen LogP contribution in [0.25, 0.3) is 0 Å². The summed E-state index contributed by atoms with van der Waals surface area (Å²) in [7, 11) is 1.82. The number of amides is 1. The molecule has 0 N–H and O–H groups in total. The SMILES string of the molecule is Cc1cc(C(=O)N2CCCC2Cc2noc(C3CCCC3)n2)n(C)n1. The van der Waals surface area contributed by atoms with E-state index >= 15 is 0 Å². The Morgan fingerprint density at radius 3 is 2.80 bits per heavy atom. The van der Waals surface area contributed by atoms with Gasteiger partial charge in [0.15, 0.2) is 5.82 Å². The molecule has 1 unspecified atom stereocenters. The molecule has 3 heterocycles. The molecular weight excluding hydrogens is 318 g/mol. The van der Waals surface area contributed by atoms with Crippen LogP contribution in [-0.2, 0) is 13.5 Å². The standard InChI is InChI=1S/C18H25N5O2/c1-12-10-15(22(2)20-12)18(24)23-9-5-8-14(23)11-16-19-17(25-21-16)13-6-3-4-7-13/h10,13-14H,3-9,11H2,1-2H3. The zero-order chi connectivity index (χ0) is 17.4. The monoisotopic (exact) mass is 343 g/mol. The van der Waals surface area contributed by atoms with E-state index in [2.05, 4.69) is 15.2 Å². The fraction of sp³-hybridized carbons (Fsp3) is 0.667. The van der Waals surface area contributed by atoms with Crippen molar-refractivity contribution in [2.24, 2.45) is 7.05 Å². The number of aromatic nitrogens is 4. The Kier molecular flexibility index (Phi) is 4.31. The minimum Gasteiger partial charge on any atom is -0.339 e. The lowest BCUT2D eigenvalue weighted by Crippen LogP contribution is -2.38. The van der Waals surface area contributed by atoms with Crippen LogP contribution in [0.5, 0.6) is 0 Å². The van der Waals surface area contributed by atoms with Crippen LogP contribution in [0.3, 0.4) is 0 Å².